The molecule has 1 N–H and O–H groups in total. The van der Waals surface area contributed by atoms with E-state index >= 15 is 0 Å². The van der Waals surface area contributed by atoms with Crippen LogP contribution in [0.15, 0.2) is 18.2 Å². The number of benzene rings is 1. The third-order valence-electron chi connectivity index (χ3n) is 3.99. The molecule has 2 aliphatic rings. The average molecular weight is 311 g/mol. The number of nitrogens with zero attached hydrogens (tertiary/aromatic N) is 1. The molecule has 2 amide bonds. The summed E-state index contributed by atoms with van der Waals surface area (Å²) >= 11 is 6.04. The van der Waals surface area contributed by atoms with Crippen LogP contribution in [0.2, 0.25) is 5.02 Å². The lowest BCUT2D eigenvalue weighted by atomic mass is 10.1. The van der Waals surface area contributed by atoms with Crippen LogP contribution in [0.1, 0.15) is 24.8 Å². The summed E-state index contributed by atoms with van der Waals surface area (Å²) in [5.74, 6) is -0.937. The van der Waals surface area contributed by atoms with E-state index in [-0.39, 0.29) is 36.7 Å². The lowest BCUT2D eigenvalue weighted by molar-refractivity contribution is -0.137. The van der Waals surface area contributed by atoms with Gasteiger partial charge in [-0.3, -0.25) is 9.59 Å². The minimum Gasteiger partial charge on any atom is -0.355 e. The van der Waals surface area contributed by atoms with Gasteiger partial charge < -0.3 is 10.2 Å². The van der Waals surface area contributed by atoms with Crippen molar-refractivity contribution in [2.45, 2.75) is 31.8 Å². The van der Waals surface area contributed by atoms with Crippen molar-refractivity contribution in [3.63, 3.8) is 0 Å². The Morgan fingerprint density at radius 3 is 2.76 bits per heavy atom. The summed E-state index contributed by atoms with van der Waals surface area (Å²) in [5.41, 5.74) is 0.344. The fraction of sp³-hybridized carbons (Fsp3) is 0.467. The zero-order chi connectivity index (χ0) is 15.0. The summed E-state index contributed by atoms with van der Waals surface area (Å²) in [5, 5.41) is 2.99. The molecule has 1 saturated heterocycles. The normalized spacial score (nSPS) is 21.2. The highest BCUT2D eigenvalue weighted by Crippen LogP contribution is 2.32. The molecule has 4 nitrogen and oxygen atoms in total. The highest BCUT2D eigenvalue weighted by Gasteiger charge is 2.38. The number of carbonyl (C=O) groups is 2. The zero-order valence-electron chi connectivity index (χ0n) is 11.4. The van der Waals surface area contributed by atoms with E-state index in [4.69, 9.17) is 11.6 Å². The molecule has 0 spiro atoms. The maximum absolute atomic E-state index is 13.9. The smallest absolute Gasteiger partial charge is 0.228 e. The second kappa shape index (κ2) is 5.64. The predicted molar refractivity (Wildman–Crippen MR) is 76.1 cm³/mol. The van der Waals surface area contributed by atoms with Gasteiger partial charge in [0.05, 0.1) is 12.5 Å². The van der Waals surface area contributed by atoms with Gasteiger partial charge in [-0.2, -0.15) is 0 Å². The van der Waals surface area contributed by atoms with Gasteiger partial charge in [-0.1, -0.05) is 17.7 Å². The van der Waals surface area contributed by atoms with Crippen LogP contribution >= 0.6 is 11.6 Å². The van der Waals surface area contributed by atoms with Crippen LogP contribution in [0.3, 0.4) is 0 Å². The van der Waals surface area contributed by atoms with E-state index in [9.17, 15) is 14.0 Å². The van der Waals surface area contributed by atoms with Crippen molar-refractivity contribution in [3.8, 4) is 0 Å². The van der Waals surface area contributed by atoms with E-state index in [1.165, 1.54) is 6.07 Å². The number of amides is 2. The average Bonchev–Trinajstić information content (AvgIpc) is 3.19. The summed E-state index contributed by atoms with van der Waals surface area (Å²) < 4.78 is 13.9. The maximum atomic E-state index is 13.9. The Bertz CT molecular complexity index is 569. The quantitative estimate of drug-likeness (QED) is 0.926. The van der Waals surface area contributed by atoms with Gasteiger partial charge in [-0.15, -0.1) is 0 Å². The number of rotatable bonds is 4. The van der Waals surface area contributed by atoms with E-state index in [1.54, 1.807) is 17.0 Å². The molecular weight excluding hydrogens is 295 g/mol. The Kier molecular flexibility index (Phi) is 3.85. The second-order valence-corrected chi connectivity index (χ2v) is 6.01. The van der Waals surface area contributed by atoms with Gasteiger partial charge in [0.1, 0.15) is 5.82 Å². The van der Waals surface area contributed by atoms with Crippen molar-refractivity contribution in [2.24, 2.45) is 5.92 Å². The number of hydrogen-bond acceptors (Lipinski definition) is 2. The molecule has 1 aromatic rings. The van der Waals surface area contributed by atoms with Crippen molar-refractivity contribution in [1.82, 2.24) is 10.2 Å². The molecule has 1 aromatic carbocycles. The summed E-state index contributed by atoms with van der Waals surface area (Å²) in [6.45, 7) is 0.533. The first-order valence-corrected chi connectivity index (χ1v) is 7.44. The van der Waals surface area contributed by atoms with Crippen molar-refractivity contribution in [3.05, 3.63) is 34.6 Å². The van der Waals surface area contributed by atoms with E-state index in [2.05, 4.69) is 5.32 Å². The Hall–Kier alpha value is -1.62. The highest BCUT2D eigenvalue weighted by atomic mass is 35.5. The van der Waals surface area contributed by atoms with E-state index in [1.807, 2.05) is 0 Å². The third kappa shape index (κ3) is 3.02. The SMILES string of the molecule is O=C1CC(C(=O)N(Cc2c(F)cccc2Cl)C2CC2)CN1. The van der Waals surface area contributed by atoms with Gasteiger partial charge in [0.15, 0.2) is 0 Å². The van der Waals surface area contributed by atoms with Crippen molar-refractivity contribution < 1.29 is 14.0 Å². The number of nitrogens with one attached hydrogen (secondary N) is 1. The molecule has 2 fully saturated rings. The lowest BCUT2D eigenvalue weighted by Crippen LogP contribution is -2.38. The fourth-order valence-electron chi connectivity index (χ4n) is 2.64. The molecule has 21 heavy (non-hydrogen) atoms. The number of carbonyl (C=O) groups excluding carboxylic acids is 2. The Morgan fingerprint density at radius 2 is 2.19 bits per heavy atom. The Labute approximate surface area is 127 Å². The fourth-order valence-corrected chi connectivity index (χ4v) is 2.86. The van der Waals surface area contributed by atoms with Crippen LogP contribution in [0.25, 0.3) is 0 Å². The van der Waals surface area contributed by atoms with Crippen molar-refractivity contribution >= 4 is 23.4 Å². The van der Waals surface area contributed by atoms with Crippen LogP contribution < -0.4 is 5.32 Å². The van der Waals surface area contributed by atoms with Gasteiger partial charge >= 0.3 is 0 Å². The summed E-state index contributed by atoms with van der Waals surface area (Å²) in [7, 11) is 0. The molecule has 1 heterocycles. The molecule has 1 unspecified atom stereocenters. The van der Waals surface area contributed by atoms with Crippen LogP contribution in [0, 0.1) is 11.7 Å². The first-order chi connectivity index (χ1) is 10.1. The van der Waals surface area contributed by atoms with Gasteiger partial charge in [-0.25, -0.2) is 4.39 Å². The maximum Gasteiger partial charge on any atom is 0.228 e. The lowest BCUT2D eigenvalue weighted by Gasteiger charge is -2.25. The van der Waals surface area contributed by atoms with Crippen molar-refractivity contribution in [1.29, 1.82) is 0 Å². The molecule has 6 heteroatoms. The van der Waals surface area contributed by atoms with Gasteiger partial charge in [-0.05, 0) is 25.0 Å². The predicted octanol–water partition coefficient (Wildman–Crippen LogP) is 2.11. The zero-order valence-corrected chi connectivity index (χ0v) is 12.2. The molecular formula is C15H16ClFN2O2. The van der Waals surface area contributed by atoms with E-state index < -0.39 is 5.82 Å². The van der Waals surface area contributed by atoms with Gasteiger partial charge in [0.25, 0.3) is 0 Å². The minimum absolute atomic E-state index is 0.0878. The van der Waals surface area contributed by atoms with Crippen LogP contribution in [0.4, 0.5) is 4.39 Å². The van der Waals surface area contributed by atoms with Gasteiger partial charge in [0, 0.05) is 29.6 Å². The molecule has 1 aliphatic carbocycles. The van der Waals surface area contributed by atoms with Gasteiger partial charge in [0.2, 0.25) is 11.8 Å². The molecule has 1 atom stereocenters. The minimum atomic E-state index is -0.401. The summed E-state index contributed by atoms with van der Waals surface area (Å²) in [6.07, 6.45) is 2.06. The molecule has 0 radical (unpaired) electrons. The topological polar surface area (TPSA) is 49.4 Å². The van der Waals surface area contributed by atoms with Crippen LogP contribution in [-0.2, 0) is 16.1 Å². The van der Waals surface area contributed by atoms with Crippen LogP contribution in [0.5, 0.6) is 0 Å². The summed E-state index contributed by atoms with van der Waals surface area (Å²) in [6, 6.07) is 4.65. The number of hydrogen-bond donors (Lipinski definition) is 1. The van der Waals surface area contributed by atoms with Crippen molar-refractivity contribution in [2.75, 3.05) is 6.54 Å². The molecule has 3 rings (SSSR count). The largest absolute Gasteiger partial charge is 0.355 e. The van der Waals surface area contributed by atoms with E-state index in [0.29, 0.717) is 17.1 Å². The highest BCUT2D eigenvalue weighted by molar-refractivity contribution is 6.31. The number of halogens is 2. The first kappa shape index (κ1) is 14.3. The standard InChI is InChI=1S/C15H16ClFN2O2/c16-12-2-1-3-13(17)11(12)8-19(10-4-5-10)15(21)9-6-14(20)18-7-9/h1-3,9-10H,4-8H2,(H,18,20). The second-order valence-electron chi connectivity index (χ2n) is 5.60. The van der Waals surface area contributed by atoms with Crippen LogP contribution in [-0.4, -0.2) is 29.3 Å². The Morgan fingerprint density at radius 1 is 1.43 bits per heavy atom. The third-order valence-corrected chi connectivity index (χ3v) is 4.34. The summed E-state index contributed by atoms with van der Waals surface area (Å²) in [4.78, 5) is 25.5. The molecule has 0 bridgehead atoms. The monoisotopic (exact) mass is 310 g/mol. The molecule has 1 saturated carbocycles. The van der Waals surface area contributed by atoms with E-state index in [0.717, 1.165) is 12.8 Å². The first-order valence-electron chi connectivity index (χ1n) is 7.06. The molecule has 0 aromatic heterocycles. The molecule has 1 aliphatic heterocycles. The Balaban J connectivity index is 1.79. The molecule has 112 valence electrons.